The first-order valence-corrected chi connectivity index (χ1v) is 9.72. The van der Waals surface area contributed by atoms with Crippen molar-refractivity contribution in [2.75, 3.05) is 38.7 Å². The summed E-state index contributed by atoms with van der Waals surface area (Å²) in [7, 11) is 1.48. The largest absolute Gasteiger partial charge is 0.489 e. The van der Waals surface area contributed by atoms with Gasteiger partial charge in [0.2, 0.25) is 11.8 Å². The monoisotopic (exact) mass is 414 g/mol. The van der Waals surface area contributed by atoms with Crippen LogP contribution in [-0.4, -0.2) is 50.1 Å². The Labute approximate surface area is 167 Å². The van der Waals surface area contributed by atoms with Gasteiger partial charge in [-0.05, 0) is 43.9 Å². The van der Waals surface area contributed by atoms with Gasteiger partial charge in [-0.1, -0.05) is 0 Å². The van der Waals surface area contributed by atoms with Crippen LogP contribution in [0.2, 0.25) is 0 Å². The van der Waals surface area contributed by atoms with Crippen molar-refractivity contribution in [1.82, 2.24) is 4.90 Å². The Morgan fingerprint density at radius 2 is 1.93 bits per heavy atom. The number of nitrogens with one attached hydrogen (secondary N) is 1. The lowest BCUT2D eigenvalue weighted by Crippen LogP contribution is -2.44. The number of nitrogens with zero attached hydrogens (tertiary/aromatic N) is 1. The zero-order valence-electron chi connectivity index (χ0n) is 16.3. The maximum Gasteiger partial charge on any atom is 0.416 e. The van der Waals surface area contributed by atoms with Crippen LogP contribution in [0.15, 0.2) is 18.2 Å². The third kappa shape index (κ3) is 5.62. The number of hydrogen-bond donors (Lipinski definition) is 1. The molecule has 0 bridgehead atoms. The first kappa shape index (κ1) is 21.4. The first-order valence-electron chi connectivity index (χ1n) is 9.72. The molecule has 1 N–H and O–H groups in total. The molecule has 9 heteroatoms. The van der Waals surface area contributed by atoms with Crippen LogP contribution < -0.4 is 10.1 Å². The molecular weight excluding hydrogens is 389 g/mol. The second kappa shape index (κ2) is 9.02. The van der Waals surface area contributed by atoms with E-state index in [4.69, 9.17) is 9.47 Å². The molecule has 1 heterocycles. The summed E-state index contributed by atoms with van der Waals surface area (Å²) in [6.45, 7) is 1.31. The van der Waals surface area contributed by atoms with Gasteiger partial charge < -0.3 is 19.7 Å². The second-order valence-corrected chi connectivity index (χ2v) is 7.44. The highest BCUT2D eigenvalue weighted by Gasteiger charge is 2.37. The van der Waals surface area contributed by atoms with Crippen molar-refractivity contribution in [1.29, 1.82) is 0 Å². The number of alkyl halides is 3. The lowest BCUT2D eigenvalue weighted by Gasteiger charge is -2.32. The molecule has 0 spiro atoms. The van der Waals surface area contributed by atoms with E-state index in [1.54, 1.807) is 4.90 Å². The number of halogens is 3. The van der Waals surface area contributed by atoms with E-state index in [2.05, 4.69) is 5.32 Å². The SMILES string of the molecule is COCCOc1ccc(C(F)(F)F)cc1NC(=O)C1CCCN(C(=O)C2CC2)C1. The third-order valence-electron chi connectivity index (χ3n) is 5.14. The second-order valence-electron chi connectivity index (χ2n) is 7.44. The number of amides is 2. The van der Waals surface area contributed by atoms with Crippen LogP contribution >= 0.6 is 0 Å². The summed E-state index contributed by atoms with van der Waals surface area (Å²) in [5.74, 6) is -0.585. The molecule has 1 atom stereocenters. The summed E-state index contributed by atoms with van der Waals surface area (Å²) in [5, 5.41) is 2.58. The summed E-state index contributed by atoms with van der Waals surface area (Å²) in [6, 6.07) is 2.97. The standard InChI is InChI=1S/C20H25F3N2O4/c1-28-9-10-29-17-7-6-15(20(21,22)23)11-16(17)24-18(26)14-3-2-8-25(12-14)19(27)13-4-5-13/h6-7,11,13-14H,2-5,8-10,12H2,1H3,(H,24,26). The fraction of sp³-hybridized carbons (Fsp3) is 0.600. The molecular formula is C20H25F3N2O4. The quantitative estimate of drug-likeness (QED) is 0.695. The predicted molar refractivity (Wildman–Crippen MR) is 99.5 cm³/mol. The molecule has 2 aliphatic rings. The number of carbonyl (C=O) groups excluding carboxylic acids is 2. The summed E-state index contributed by atoms with van der Waals surface area (Å²) >= 11 is 0. The van der Waals surface area contributed by atoms with Crippen LogP contribution in [0.4, 0.5) is 18.9 Å². The number of hydrogen-bond acceptors (Lipinski definition) is 4. The minimum atomic E-state index is -4.54. The smallest absolute Gasteiger partial charge is 0.416 e. The van der Waals surface area contributed by atoms with Gasteiger partial charge in [0.15, 0.2) is 0 Å². The normalized spacial score (nSPS) is 19.7. The number of carbonyl (C=O) groups is 2. The van der Waals surface area contributed by atoms with E-state index in [0.29, 0.717) is 25.9 Å². The van der Waals surface area contributed by atoms with E-state index in [0.717, 1.165) is 25.0 Å². The number of anilines is 1. The Morgan fingerprint density at radius 3 is 2.59 bits per heavy atom. The van der Waals surface area contributed by atoms with Crippen LogP contribution in [-0.2, 0) is 20.5 Å². The van der Waals surface area contributed by atoms with Crippen molar-refractivity contribution in [3.63, 3.8) is 0 Å². The van der Waals surface area contributed by atoms with Gasteiger partial charge in [-0.25, -0.2) is 0 Å². The molecule has 0 radical (unpaired) electrons. The molecule has 1 unspecified atom stereocenters. The Hall–Kier alpha value is -2.29. The van der Waals surface area contributed by atoms with E-state index in [9.17, 15) is 22.8 Å². The molecule has 1 aliphatic heterocycles. The van der Waals surface area contributed by atoms with E-state index < -0.39 is 23.6 Å². The minimum Gasteiger partial charge on any atom is -0.489 e. The zero-order valence-corrected chi connectivity index (χ0v) is 16.3. The first-order chi connectivity index (χ1) is 13.8. The van der Waals surface area contributed by atoms with E-state index in [1.807, 2.05) is 0 Å². The van der Waals surface area contributed by atoms with Crippen molar-refractivity contribution in [3.05, 3.63) is 23.8 Å². The maximum atomic E-state index is 13.1. The van der Waals surface area contributed by atoms with Gasteiger partial charge in [0.05, 0.1) is 23.8 Å². The van der Waals surface area contributed by atoms with Crippen LogP contribution in [0, 0.1) is 11.8 Å². The number of methoxy groups -OCH3 is 1. The van der Waals surface area contributed by atoms with Crippen LogP contribution in [0.3, 0.4) is 0 Å². The van der Waals surface area contributed by atoms with Crippen molar-refractivity contribution >= 4 is 17.5 Å². The Bertz CT molecular complexity index is 750. The average molecular weight is 414 g/mol. The van der Waals surface area contributed by atoms with Crippen molar-refractivity contribution in [3.8, 4) is 5.75 Å². The molecule has 1 aromatic carbocycles. The van der Waals surface area contributed by atoms with E-state index in [1.165, 1.54) is 13.2 Å². The fourth-order valence-electron chi connectivity index (χ4n) is 3.38. The van der Waals surface area contributed by atoms with Crippen molar-refractivity contribution < 1.29 is 32.2 Å². The number of rotatable bonds is 7. The summed E-state index contributed by atoms with van der Waals surface area (Å²) in [4.78, 5) is 26.7. The topological polar surface area (TPSA) is 67.9 Å². The molecule has 2 amide bonds. The minimum absolute atomic E-state index is 0.0356. The highest BCUT2D eigenvalue weighted by molar-refractivity contribution is 5.94. The Morgan fingerprint density at radius 1 is 1.17 bits per heavy atom. The van der Waals surface area contributed by atoms with Crippen LogP contribution in [0.25, 0.3) is 0 Å². The van der Waals surface area contributed by atoms with Gasteiger partial charge in [0.1, 0.15) is 12.4 Å². The predicted octanol–water partition coefficient (Wildman–Crippen LogP) is 3.32. The molecule has 160 valence electrons. The molecule has 1 saturated carbocycles. The summed E-state index contributed by atoms with van der Waals surface area (Å²) in [5.41, 5.74) is -0.910. The number of ether oxygens (including phenoxy) is 2. The zero-order chi connectivity index (χ0) is 21.0. The summed E-state index contributed by atoms with van der Waals surface area (Å²) in [6.07, 6.45) is -1.49. The highest BCUT2D eigenvalue weighted by atomic mass is 19.4. The van der Waals surface area contributed by atoms with Gasteiger partial charge in [0, 0.05) is 26.1 Å². The van der Waals surface area contributed by atoms with Gasteiger partial charge in [-0.3, -0.25) is 9.59 Å². The molecule has 2 fully saturated rings. The molecule has 0 aromatic heterocycles. The maximum absolute atomic E-state index is 13.1. The van der Waals surface area contributed by atoms with E-state index in [-0.39, 0.29) is 36.5 Å². The molecule has 6 nitrogen and oxygen atoms in total. The lowest BCUT2D eigenvalue weighted by atomic mass is 9.96. The van der Waals surface area contributed by atoms with Crippen molar-refractivity contribution in [2.45, 2.75) is 31.9 Å². The van der Waals surface area contributed by atoms with Crippen LogP contribution in [0.5, 0.6) is 5.75 Å². The number of piperidine rings is 1. The highest BCUT2D eigenvalue weighted by Crippen LogP contribution is 2.36. The average Bonchev–Trinajstić information content (AvgIpc) is 3.53. The Balaban J connectivity index is 1.72. The van der Waals surface area contributed by atoms with Gasteiger partial charge >= 0.3 is 6.18 Å². The number of likely N-dealkylation sites (tertiary alicyclic amines) is 1. The van der Waals surface area contributed by atoms with Gasteiger partial charge in [-0.15, -0.1) is 0 Å². The Kier molecular flexibility index (Phi) is 6.66. The third-order valence-corrected chi connectivity index (χ3v) is 5.14. The summed E-state index contributed by atoms with van der Waals surface area (Å²) < 4.78 is 49.7. The van der Waals surface area contributed by atoms with Gasteiger partial charge in [-0.2, -0.15) is 13.2 Å². The molecule has 29 heavy (non-hydrogen) atoms. The molecule has 3 rings (SSSR count). The number of benzene rings is 1. The van der Waals surface area contributed by atoms with E-state index >= 15 is 0 Å². The van der Waals surface area contributed by atoms with Crippen molar-refractivity contribution in [2.24, 2.45) is 11.8 Å². The fourth-order valence-corrected chi connectivity index (χ4v) is 3.38. The van der Waals surface area contributed by atoms with Crippen LogP contribution in [0.1, 0.15) is 31.2 Å². The molecule has 1 aliphatic carbocycles. The molecule has 1 saturated heterocycles. The lowest BCUT2D eigenvalue weighted by molar-refractivity contribution is -0.138. The molecule has 1 aromatic rings. The van der Waals surface area contributed by atoms with Gasteiger partial charge in [0.25, 0.3) is 0 Å².